The standard InChI is InChI=1S/C22H27FN2O/c23-21-6-2-1-4-18(21)16-19-5-3-7-22(24-19)17-8-12-25(13-9-17)20-10-14-26-15-11-20/h1-7,17,20H,8-16H2. The Kier molecular flexibility index (Phi) is 5.61. The predicted molar refractivity (Wildman–Crippen MR) is 101 cm³/mol. The Labute approximate surface area is 155 Å². The van der Waals surface area contributed by atoms with Crippen molar-refractivity contribution in [2.75, 3.05) is 26.3 Å². The second kappa shape index (κ2) is 8.28. The van der Waals surface area contributed by atoms with Crippen molar-refractivity contribution in [2.24, 2.45) is 0 Å². The van der Waals surface area contributed by atoms with Crippen molar-refractivity contribution >= 4 is 0 Å². The van der Waals surface area contributed by atoms with E-state index >= 15 is 0 Å². The van der Waals surface area contributed by atoms with Gasteiger partial charge in [0.1, 0.15) is 5.82 Å². The van der Waals surface area contributed by atoms with Gasteiger partial charge in [0.15, 0.2) is 0 Å². The number of hydrogen-bond donors (Lipinski definition) is 0. The molecule has 2 aromatic rings. The zero-order valence-electron chi connectivity index (χ0n) is 15.2. The van der Waals surface area contributed by atoms with Crippen LogP contribution in [0, 0.1) is 5.82 Å². The van der Waals surface area contributed by atoms with Gasteiger partial charge in [-0.15, -0.1) is 0 Å². The molecular formula is C22H27FN2O. The van der Waals surface area contributed by atoms with Gasteiger partial charge >= 0.3 is 0 Å². The first kappa shape index (κ1) is 17.6. The third kappa shape index (κ3) is 4.13. The fourth-order valence-corrected chi connectivity index (χ4v) is 4.27. The third-order valence-electron chi connectivity index (χ3n) is 5.81. The largest absolute Gasteiger partial charge is 0.381 e. The van der Waals surface area contributed by atoms with Gasteiger partial charge in [-0.1, -0.05) is 24.3 Å². The van der Waals surface area contributed by atoms with Crippen LogP contribution < -0.4 is 0 Å². The van der Waals surface area contributed by atoms with E-state index < -0.39 is 0 Å². The molecule has 0 radical (unpaired) electrons. The van der Waals surface area contributed by atoms with Crippen LogP contribution in [0.5, 0.6) is 0 Å². The fraction of sp³-hybridized carbons (Fsp3) is 0.500. The molecule has 3 nitrogen and oxygen atoms in total. The molecule has 26 heavy (non-hydrogen) atoms. The average Bonchev–Trinajstić information content (AvgIpc) is 2.71. The zero-order valence-corrected chi connectivity index (χ0v) is 15.2. The summed E-state index contributed by atoms with van der Waals surface area (Å²) >= 11 is 0. The lowest BCUT2D eigenvalue weighted by Crippen LogP contribution is -2.43. The molecule has 0 bridgehead atoms. The number of hydrogen-bond acceptors (Lipinski definition) is 3. The normalized spacial score (nSPS) is 20.3. The number of piperidine rings is 1. The van der Waals surface area contributed by atoms with Crippen molar-refractivity contribution in [2.45, 2.75) is 44.1 Å². The van der Waals surface area contributed by atoms with Crippen LogP contribution >= 0.6 is 0 Å². The number of ether oxygens (including phenoxy) is 1. The number of likely N-dealkylation sites (tertiary alicyclic amines) is 1. The van der Waals surface area contributed by atoms with Crippen LogP contribution in [0.4, 0.5) is 4.39 Å². The highest BCUT2D eigenvalue weighted by Crippen LogP contribution is 2.29. The van der Waals surface area contributed by atoms with Crippen molar-refractivity contribution in [3.05, 3.63) is 65.2 Å². The van der Waals surface area contributed by atoms with Crippen molar-refractivity contribution in [1.82, 2.24) is 9.88 Å². The molecule has 1 aromatic heterocycles. The molecule has 0 N–H and O–H groups in total. The third-order valence-corrected chi connectivity index (χ3v) is 5.81. The van der Waals surface area contributed by atoms with Gasteiger partial charge in [0.25, 0.3) is 0 Å². The minimum absolute atomic E-state index is 0.149. The van der Waals surface area contributed by atoms with E-state index in [1.807, 2.05) is 18.2 Å². The van der Waals surface area contributed by atoms with E-state index in [1.165, 1.54) is 24.6 Å². The van der Waals surface area contributed by atoms with E-state index in [2.05, 4.69) is 17.0 Å². The van der Waals surface area contributed by atoms with Gasteiger partial charge in [0, 0.05) is 43.0 Å². The molecule has 2 saturated heterocycles. The van der Waals surface area contributed by atoms with Gasteiger partial charge in [0.2, 0.25) is 0 Å². The number of nitrogens with zero attached hydrogens (tertiary/aromatic N) is 2. The van der Waals surface area contributed by atoms with E-state index in [9.17, 15) is 4.39 Å². The highest BCUT2D eigenvalue weighted by molar-refractivity contribution is 5.25. The summed E-state index contributed by atoms with van der Waals surface area (Å²) < 4.78 is 19.4. The summed E-state index contributed by atoms with van der Waals surface area (Å²) in [4.78, 5) is 7.51. The van der Waals surface area contributed by atoms with Crippen LogP contribution in [0.25, 0.3) is 0 Å². The summed E-state index contributed by atoms with van der Waals surface area (Å²) in [7, 11) is 0. The van der Waals surface area contributed by atoms with E-state index in [0.717, 1.165) is 44.8 Å². The van der Waals surface area contributed by atoms with Gasteiger partial charge in [-0.2, -0.15) is 0 Å². The molecule has 0 spiro atoms. The number of rotatable bonds is 4. The topological polar surface area (TPSA) is 25.4 Å². The Bertz CT molecular complexity index is 722. The van der Waals surface area contributed by atoms with E-state index in [1.54, 1.807) is 6.07 Å². The summed E-state index contributed by atoms with van der Waals surface area (Å²) in [6.07, 6.45) is 5.21. The molecule has 0 amide bonds. The van der Waals surface area contributed by atoms with Crippen LogP contribution in [0.15, 0.2) is 42.5 Å². The summed E-state index contributed by atoms with van der Waals surface area (Å²) in [6, 6.07) is 13.9. The molecule has 0 aliphatic carbocycles. The maximum atomic E-state index is 13.9. The van der Waals surface area contributed by atoms with Crippen LogP contribution in [-0.4, -0.2) is 42.2 Å². The first-order chi connectivity index (χ1) is 12.8. The van der Waals surface area contributed by atoms with E-state index in [-0.39, 0.29) is 5.82 Å². The van der Waals surface area contributed by atoms with Crippen molar-refractivity contribution in [3.8, 4) is 0 Å². The molecule has 2 fully saturated rings. The monoisotopic (exact) mass is 354 g/mol. The van der Waals surface area contributed by atoms with Crippen molar-refractivity contribution in [3.63, 3.8) is 0 Å². The Morgan fingerprint density at radius 2 is 1.73 bits per heavy atom. The first-order valence-electron chi connectivity index (χ1n) is 9.80. The minimum atomic E-state index is -0.149. The minimum Gasteiger partial charge on any atom is -0.381 e. The van der Waals surface area contributed by atoms with Gasteiger partial charge in [-0.05, 0) is 62.5 Å². The van der Waals surface area contributed by atoms with Gasteiger partial charge in [0.05, 0.1) is 0 Å². The molecular weight excluding hydrogens is 327 g/mol. The first-order valence-corrected chi connectivity index (χ1v) is 9.80. The van der Waals surface area contributed by atoms with E-state index in [4.69, 9.17) is 9.72 Å². The second-order valence-corrected chi connectivity index (χ2v) is 7.48. The molecule has 138 valence electrons. The van der Waals surface area contributed by atoms with Gasteiger partial charge in [-0.3, -0.25) is 4.98 Å². The zero-order chi connectivity index (χ0) is 17.8. The van der Waals surface area contributed by atoms with Crippen molar-refractivity contribution in [1.29, 1.82) is 0 Å². The number of benzene rings is 1. The number of aromatic nitrogens is 1. The van der Waals surface area contributed by atoms with Crippen LogP contribution in [0.2, 0.25) is 0 Å². The van der Waals surface area contributed by atoms with Crippen LogP contribution in [0.3, 0.4) is 0 Å². The summed E-state index contributed by atoms with van der Waals surface area (Å²) in [6.45, 7) is 4.11. The maximum Gasteiger partial charge on any atom is 0.126 e. The quantitative estimate of drug-likeness (QED) is 0.824. The molecule has 0 atom stereocenters. The number of halogens is 1. The second-order valence-electron chi connectivity index (χ2n) is 7.48. The summed E-state index contributed by atoms with van der Waals surface area (Å²) in [5, 5.41) is 0. The maximum absolute atomic E-state index is 13.9. The Hall–Kier alpha value is -1.78. The molecule has 0 saturated carbocycles. The van der Waals surface area contributed by atoms with Crippen LogP contribution in [-0.2, 0) is 11.2 Å². The predicted octanol–water partition coefficient (Wildman–Crippen LogP) is 4.17. The smallest absolute Gasteiger partial charge is 0.126 e. The Balaban J connectivity index is 1.39. The average molecular weight is 354 g/mol. The lowest BCUT2D eigenvalue weighted by atomic mass is 9.91. The molecule has 3 heterocycles. The van der Waals surface area contributed by atoms with Gasteiger partial charge in [-0.25, -0.2) is 4.39 Å². The summed E-state index contributed by atoms with van der Waals surface area (Å²) in [5.41, 5.74) is 2.84. The SMILES string of the molecule is Fc1ccccc1Cc1cccc(C2CCN(C3CCOCC3)CC2)n1. The molecule has 4 rings (SSSR count). The molecule has 4 heteroatoms. The van der Waals surface area contributed by atoms with Crippen molar-refractivity contribution < 1.29 is 9.13 Å². The molecule has 2 aliphatic rings. The lowest BCUT2D eigenvalue weighted by Gasteiger charge is -2.39. The Morgan fingerprint density at radius 3 is 2.50 bits per heavy atom. The molecule has 2 aliphatic heterocycles. The number of pyridine rings is 1. The highest BCUT2D eigenvalue weighted by atomic mass is 19.1. The highest BCUT2D eigenvalue weighted by Gasteiger charge is 2.27. The Morgan fingerprint density at radius 1 is 0.962 bits per heavy atom. The lowest BCUT2D eigenvalue weighted by molar-refractivity contribution is 0.0250. The fourth-order valence-electron chi connectivity index (χ4n) is 4.27. The van der Waals surface area contributed by atoms with Crippen LogP contribution in [0.1, 0.15) is 48.6 Å². The molecule has 0 unspecified atom stereocenters. The summed E-state index contributed by atoms with van der Waals surface area (Å²) in [5.74, 6) is 0.371. The van der Waals surface area contributed by atoms with Gasteiger partial charge < -0.3 is 9.64 Å². The van der Waals surface area contributed by atoms with E-state index in [0.29, 0.717) is 23.9 Å². The molecule has 1 aromatic carbocycles.